The molecule has 0 N–H and O–H groups in total. The second-order valence-electron chi connectivity index (χ2n) is 1.74. The molecule has 0 aliphatic carbocycles. The zero-order valence-corrected chi connectivity index (χ0v) is 5.62. The Labute approximate surface area is 63.1 Å². The minimum Gasteiger partial charge on any atom is -0.461 e. The molecule has 0 unspecified atom stereocenters. The Kier molecular flexibility index (Phi) is 2.39. The number of nitrogens with zero attached hydrogens (tertiary/aromatic N) is 2. The molecule has 4 heteroatoms. The largest absolute Gasteiger partial charge is 0.461 e. The third-order valence-electron chi connectivity index (χ3n) is 1.11. The molecule has 0 bridgehead atoms. The smallest absolute Gasteiger partial charge is 0.228 e. The molecular formula is C7H5FN2O. The summed E-state index contributed by atoms with van der Waals surface area (Å²) < 4.78 is 16.1. The van der Waals surface area contributed by atoms with Gasteiger partial charge in [-0.25, -0.2) is 4.39 Å². The molecule has 1 heterocycles. The van der Waals surface area contributed by atoms with Gasteiger partial charge in [0.15, 0.2) is 0 Å². The van der Waals surface area contributed by atoms with Crippen molar-refractivity contribution in [1.29, 1.82) is 5.26 Å². The Morgan fingerprint density at radius 1 is 1.73 bits per heavy atom. The van der Waals surface area contributed by atoms with Gasteiger partial charge >= 0.3 is 0 Å². The van der Waals surface area contributed by atoms with E-state index in [1.807, 2.05) is 6.07 Å². The summed E-state index contributed by atoms with van der Waals surface area (Å²) in [6.45, 7) is -0.932. The van der Waals surface area contributed by atoms with Crippen molar-refractivity contribution in [3.8, 4) is 11.8 Å². The quantitative estimate of drug-likeness (QED) is 0.640. The Morgan fingerprint density at radius 3 is 3.18 bits per heavy atom. The minimum atomic E-state index is -0.932. The molecule has 3 nitrogen and oxygen atoms in total. The van der Waals surface area contributed by atoms with Crippen LogP contribution in [-0.4, -0.2) is 11.8 Å². The summed E-state index contributed by atoms with van der Waals surface area (Å²) in [5, 5.41) is 8.45. The molecule has 56 valence electrons. The van der Waals surface area contributed by atoms with Crippen LogP contribution in [0.2, 0.25) is 0 Å². The van der Waals surface area contributed by atoms with Crippen LogP contribution < -0.4 is 4.74 Å². The van der Waals surface area contributed by atoms with E-state index in [9.17, 15) is 4.39 Å². The van der Waals surface area contributed by atoms with E-state index >= 15 is 0 Å². The highest BCUT2D eigenvalue weighted by Gasteiger charge is 2.00. The summed E-state index contributed by atoms with van der Waals surface area (Å²) in [5.74, 6) is 0.227. The van der Waals surface area contributed by atoms with Crippen molar-refractivity contribution in [2.24, 2.45) is 0 Å². The molecule has 0 aliphatic rings. The van der Waals surface area contributed by atoms with Gasteiger partial charge in [0.05, 0.1) is 0 Å². The van der Waals surface area contributed by atoms with Gasteiger partial charge in [-0.2, -0.15) is 5.26 Å². The number of alkyl halides is 1. The molecule has 0 radical (unpaired) electrons. The number of aromatic nitrogens is 1. The zero-order chi connectivity index (χ0) is 8.10. The lowest BCUT2D eigenvalue weighted by Gasteiger charge is -2.00. The molecule has 1 aromatic heterocycles. The Balaban J connectivity index is 2.95. The third-order valence-corrected chi connectivity index (χ3v) is 1.11. The Hall–Kier alpha value is -1.63. The number of ether oxygens (including phenoxy) is 1. The summed E-state index contributed by atoms with van der Waals surface area (Å²) in [5.41, 5.74) is 0.241. The normalized spacial score (nSPS) is 8.73. The maximum Gasteiger partial charge on any atom is 0.228 e. The van der Waals surface area contributed by atoms with Crippen LogP contribution in [0.5, 0.6) is 5.75 Å². The first-order chi connectivity index (χ1) is 5.38. The number of hydrogen-bond donors (Lipinski definition) is 0. The molecule has 1 aromatic rings. The maximum atomic E-state index is 11.6. The van der Waals surface area contributed by atoms with Gasteiger partial charge in [-0.15, -0.1) is 0 Å². The van der Waals surface area contributed by atoms with Gasteiger partial charge in [0.1, 0.15) is 17.4 Å². The number of rotatable bonds is 2. The van der Waals surface area contributed by atoms with Gasteiger partial charge in [-0.3, -0.25) is 4.98 Å². The summed E-state index contributed by atoms with van der Waals surface area (Å²) in [7, 11) is 0. The summed E-state index contributed by atoms with van der Waals surface area (Å²) in [6.07, 6.45) is 2.76. The Morgan fingerprint density at radius 2 is 2.55 bits per heavy atom. The average Bonchev–Trinajstić information content (AvgIpc) is 2.06. The predicted octanol–water partition coefficient (Wildman–Crippen LogP) is 1.26. The zero-order valence-electron chi connectivity index (χ0n) is 5.62. The molecule has 0 spiro atoms. The molecule has 0 saturated heterocycles. The van der Waals surface area contributed by atoms with Crippen LogP contribution in [-0.2, 0) is 0 Å². The average molecular weight is 152 g/mol. The number of pyridine rings is 1. The monoisotopic (exact) mass is 152 g/mol. The molecule has 0 aliphatic heterocycles. The fourth-order valence-electron chi connectivity index (χ4n) is 0.650. The molecule has 0 fully saturated rings. The first-order valence-electron chi connectivity index (χ1n) is 2.91. The second-order valence-corrected chi connectivity index (χ2v) is 1.74. The summed E-state index contributed by atoms with van der Waals surface area (Å²) in [4.78, 5) is 3.67. The van der Waals surface area contributed by atoms with E-state index in [1.165, 1.54) is 18.5 Å². The topological polar surface area (TPSA) is 45.9 Å². The molecule has 0 atom stereocenters. The van der Waals surface area contributed by atoms with Gasteiger partial charge in [0, 0.05) is 12.4 Å². The van der Waals surface area contributed by atoms with E-state index in [4.69, 9.17) is 5.26 Å². The van der Waals surface area contributed by atoms with E-state index in [0.717, 1.165) is 0 Å². The SMILES string of the molecule is N#Cc1cnccc1OCF. The van der Waals surface area contributed by atoms with E-state index in [1.54, 1.807) is 0 Å². The molecule has 1 rings (SSSR count). The fraction of sp³-hybridized carbons (Fsp3) is 0.143. The van der Waals surface area contributed by atoms with Gasteiger partial charge < -0.3 is 4.74 Å². The molecule has 0 saturated carbocycles. The van der Waals surface area contributed by atoms with Crippen molar-refractivity contribution in [3.05, 3.63) is 24.0 Å². The maximum absolute atomic E-state index is 11.6. The fourth-order valence-corrected chi connectivity index (χ4v) is 0.650. The van der Waals surface area contributed by atoms with Gasteiger partial charge in [0.25, 0.3) is 0 Å². The first-order valence-corrected chi connectivity index (χ1v) is 2.91. The lowest BCUT2D eigenvalue weighted by molar-refractivity contribution is 0.191. The van der Waals surface area contributed by atoms with E-state index in [0.29, 0.717) is 0 Å². The molecular weight excluding hydrogens is 147 g/mol. The van der Waals surface area contributed by atoms with Crippen molar-refractivity contribution in [3.63, 3.8) is 0 Å². The first kappa shape index (κ1) is 7.48. The van der Waals surface area contributed by atoms with Crippen molar-refractivity contribution < 1.29 is 9.13 Å². The van der Waals surface area contributed by atoms with Crippen LogP contribution in [0, 0.1) is 11.3 Å². The van der Waals surface area contributed by atoms with E-state index in [-0.39, 0.29) is 11.3 Å². The predicted molar refractivity (Wildman–Crippen MR) is 35.6 cm³/mol. The molecule has 0 amide bonds. The van der Waals surface area contributed by atoms with Crippen LogP contribution in [0.1, 0.15) is 5.56 Å². The molecule has 11 heavy (non-hydrogen) atoms. The highest BCUT2D eigenvalue weighted by Crippen LogP contribution is 2.14. The lowest BCUT2D eigenvalue weighted by atomic mass is 10.3. The summed E-state index contributed by atoms with van der Waals surface area (Å²) in [6, 6.07) is 3.27. The van der Waals surface area contributed by atoms with Crippen LogP contribution in [0.15, 0.2) is 18.5 Å². The van der Waals surface area contributed by atoms with E-state index < -0.39 is 6.86 Å². The summed E-state index contributed by atoms with van der Waals surface area (Å²) >= 11 is 0. The van der Waals surface area contributed by atoms with Gasteiger partial charge in [-0.05, 0) is 6.07 Å². The van der Waals surface area contributed by atoms with Gasteiger partial charge in [-0.1, -0.05) is 0 Å². The third kappa shape index (κ3) is 1.64. The number of hydrogen-bond acceptors (Lipinski definition) is 3. The standard InChI is InChI=1S/C7H5FN2O/c8-5-11-7-1-2-10-4-6(7)3-9/h1-2,4H,5H2. The molecule has 0 aromatic carbocycles. The van der Waals surface area contributed by atoms with Crippen LogP contribution in [0.3, 0.4) is 0 Å². The number of nitriles is 1. The van der Waals surface area contributed by atoms with Crippen molar-refractivity contribution >= 4 is 0 Å². The highest BCUT2D eigenvalue weighted by molar-refractivity contribution is 5.39. The second kappa shape index (κ2) is 3.52. The van der Waals surface area contributed by atoms with E-state index in [2.05, 4.69) is 9.72 Å². The highest BCUT2D eigenvalue weighted by atomic mass is 19.1. The van der Waals surface area contributed by atoms with Gasteiger partial charge in [0.2, 0.25) is 6.86 Å². The Bertz CT molecular complexity index is 282. The van der Waals surface area contributed by atoms with Crippen molar-refractivity contribution in [1.82, 2.24) is 4.98 Å². The van der Waals surface area contributed by atoms with Crippen molar-refractivity contribution in [2.75, 3.05) is 6.86 Å². The van der Waals surface area contributed by atoms with Crippen LogP contribution >= 0.6 is 0 Å². The van der Waals surface area contributed by atoms with Crippen LogP contribution in [0.25, 0.3) is 0 Å². The van der Waals surface area contributed by atoms with Crippen LogP contribution in [0.4, 0.5) is 4.39 Å². The lowest BCUT2D eigenvalue weighted by Crippen LogP contribution is -1.93. The van der Waals surface area contributed by atoms with Crippen molar-refractivity contribution in [2.45, 2.75) is 0 Å². The minimum absolute atomic E-state index is 0.227. The number of halogens is 1.